The lowest BCUT2D eigenvalue weighted by molar-refractivity contribution is 0.0178. The van der Waals surface area contributed by atoms with Gasteiger partial charge in [-0.3, -0.25) is 19.0 Å². The lowest BCUT2D eigenvalue weighted by Crippen LogP contribution is -2.29. The van der Waals surface area contributed by atoms with Crippen molar-refractivity contribution in [1.29, 1.82) is 0 Å². The first kappa shape index (κ1) is 27.9. The second-order valence-corrected chi connectivity index (χ2v) is 10.6. The maximum Gasteiger partial charge on any atom is 0.271 e. The van der Waals surface area contributed by atoms with Crippen LogP contribution in [0.25, 0.3) is 22.5 Å². The van der Waals surface area contributed by atoms with Crippen LogP contribution in [0.2, 0.25) is 5.02 Å². The molecule has 0 saturated carbocycles. The van der Waals surface area contributed by atoms with Gasteiger partial charge in [0, 0.05) is 48.8 Å². The molecule has 0 saturated heterocycles. The number of benzene rings is 1. The van der Waals surface area contributed by atoms with Crippen LogP contribution in [0.5, 0.6) is 0 Å². The number of aliphatic hydroxyl groups is 1. The standard InChI is InChI=1S/C28H28ClF3N6O2/c1-15-5-4-6-22(19-11-16(9-10-33-19)26-21(36-27(15)40)13-35-37(26)3)38-14-34-20(12-23(38)39)24-17(28(2,31)32)7-8-18(29)25(24)30/h7-15,22,27,36,40H,4-6H2,1-3H3. The number of nitrogens with one attached hydrogen (secondary N) is 1. The molecular weight excluding hydrogens is 545 g/mol. The molecule has 1 aromatic carbocycles. The minimum atomic E-state index is -3.39. The van der Waals surface area contributed by atoms with Crippen molar-refractivity contribution in [3.63, 3.8) is 0 Å². The van der Waals surface area contributed by atoms with Crippen molar-refractivity contribution in [2.45, 2.75) is 51.3 Å². The summed E-state index contributed by atoms with van der Waals surface area (Å²) in [5, 5.41) is 17.9. The van der Waals surface area contributed by atoms with Crippen LogP contribution >= 0.6 is 11.6 Å². The van der Waals surface area contributed by atoms with E-state index in [1.54, 1.807) is 24.1 Å². The maximum absolute atomic E-state index is 15.0. The summed E-state index contributed by atoms with van der Waals surface area (Å²) < 4.78 is 46.7. The zero-order valence-electron chi connectivity index (χ0n) is 22.1. The van der Waals surface area contributed by atoms with E-state index < -0.39 is 40.7 Å². The molecule has 0 radical (unpaired) electrons. The molecule has 8 nitrogen and oxygen atoms in total. The number of fused-ring (bicyclic) bond motifs is 4. The van der Waals surface area contributed by atoms with Crippen molar-refractivity contribution < 1.29 is 18.3 Å². The minimum absolute atomic E-state index is 0.114. The summed E-state index contributed by atoms with van der Waals surface area (Å²) in [7, 11) is 1.79. The molecule has 1 aliphatic heterocycles. The summed E-state index contributed by atoms with van der Waals surface area (Å²) in [6, 6.07) is 6.23. The van der Waals surface area contributed by atoms with Gasteiger partial charge in [0.05, 0.1) is 46.4 Å². The summed E-state index contributed by atoms with van der Waals surface area (Å²) in [6.45, 7) is 2.57. The van der Waals surface area contributed by atoms with Crippen LogP contribution in [0.15, 0.2) is 53.8 Å². The monoisotopic (exact) mass is 572 g/mol. The van der Waals surface area contributed by atoms with Crippen LogP contribution in [-0.4, -0.2) is 35.6 Å². The lowest BCUT2D eigenvalue weighted by atomic mass is 9.96. The van der Waals surface area contributed by atoms with E-state index in [-0.39, 0.29) is 16.6 Å². The fraction of sp³-hybridized carbons (Fsp3) is 0.357. The third kappa shape index (κ3) is 5.23. The highest BCUT2D eigenvalue weighted by molar-refractivity contribution is 6.31. The maximum atomic E-state index is 15.0. The lowest BCUT2D eigenvalue weighted by Gasteiger charge is -2.25. The van der Waals surface area contributed by atoms with Crippen molar-refractivity contribution in [3.05, 3.63) is 81.5 Å². The SMILES string of the molecule is CC1CCCC(n2cnc(-c3c(C(C)(F)F)ccc(Cl)c3F)cc2=O)c2cc(ccn2)-c2c(cnn2C)NC1O. The molecule has 1 aliphatic rings. The number of aliphatic hydroxyl groups excluding tert-OH is 1. The predicted octanol–water partition coefficient (Wildman–Crippen LogP) is 5.75. The molecule has 210 valence electrons. The Morgan fingerprint density at radius 1 is 1.18 bits per heavy atom. The number of aryl methyl sites for hydroxylation is 1. The summed E-state index contributed by atoms with van der Waals surface area (Å²) in [4.78, 5) is 22.2. The Balaban J connectivity index is 1.62. The first-order chi connectivity index (χ1) is 19.0. The Labute approximate surface area is 233 Å². The van der Waals surface area contributed by atoms with Gasteiger partial charge < -0.3 is 10.4 Å². The number of alkyl halides is 2. The summed E-state index contributed by atoms with van der Waals surface area (Å²) in [5.74, 6) is -4.58. The quantitative estimate of drug-likeness (QED) is 0.324. The topological polar surface area (TPSA) is 97.9 Å². The average molecular weight is 573 g/mol. The summed E-state index contributed by atoms with van der Waals surface area (Å²) in [6.07, 6.45) is 5.45. The summed E-state index contributed by atoms with van der Waals surface area (Å²) >= 11 is 5.90. The van der Waals surface area contributed by atoms with E-state index in [0.29, 0.717) is 37.6 Å². The van der Waals surface area contributed by atoms with E-state index in [1.165, 1.54) is 10.9 Å². The fourth-order valence-electron chi connectivity index (χ4n) is 5.13. The van der Waals surface area contributed by atoms with Gasteiger partial charge in [-0.1, -0.05) is 31.0 Å². The zero-order chi connectivity index (χ0) is 28.8. The van der Waals surface area contributed by atoms with Gasteiger partial charge in [-0.25, -0.2) is 18.2 Å². The van der Waals surface area contributed by atoms with Crippen molar-refractivity contribution in [2.24, 2.45) is 13.0 Å². The predicted molar refractivity (Wildman–Crippen MR) is 146 cm³/mol. The van der Waals surface area contributed by atoms with Crippen molar-refractivity contribution >= 4 is 17.3 Å². The Bertz CT molecular complexity index is 1620. The summed E-state index contributed by atoms with van der Waals surface area (Å²) in [5.41, 5.74) is 0.821. The number of hydrogen-bond acceptors (Lipinski definition) is 6. The molecule has 12 heteroatoms. The van der Waals surface area contributed by atoms with Gasteiger partial charge in [0.2, 0.25) is 0 Å². The Morgan fingerprint density at radius 3 is 2.67 bits per heavy atom. The molecule has 0 amide bonds. The van der Waals surface area contributed by atoms with Gasteiger partial charge >= 0.3 is 0 Å². The van der Waals surface area contributed by atoms with E-state index in [1.807, 2.05) is 19.1 Å². The molecule has 2 N–H and O–H groups in total. The Morgan fingerprint density at radius 2 is 1.95 bits per heavy atom. The number of anilines is 1. The van der Waals surface area contributed by atoms with Crippen molar-refractivity contribution in [2.75, 3.05) is 5.32 Å². The number of nitrogens with zero attached hydrogens (tertiary/aromatic N) is 5. The number of pyridine rings is 1. The molecule has 3 atom stereocenters. The highest BCUT2D eigenvalue weighted by Crippen LogP contribution is 2.39. The molecule has 0 spiro atoms. The third-order valence-corrected chi connectivity index (χ3v) is 7.60. The zero-order valence-corrected chi connectivity index (χ0v) is 22.8. The fourth-order valence-corrected chi connectivity index (χ4v) is 5.29. The molecule has 3 unspecified atom stereocenters. The van der Waals surface area contributed by atoms with Gasteiger partial charge in [-0.05, 0) is 31.0 Å². The van der Waals surface area contributed by atoms with Crippen LogP contribution in [0.4, 0.5) is 18.9 Å². The second kappa shape index (κ2) is 10.7. The van der Waals surface area contributed by atoms with Gasteiger partial charge in [0.25, 0.3) is 11.5 Å². The molecule has 2 bridgehead atoms. The average Bonchev–Trinajstić information content (AvgIpc) is 3.26. The van der Waals surface area contributed by atoms with E-state index in [2.05, 4.69) is 20.4 Å². The van der Waals surface area contributed by atoms with Crippen LogP contribution < -0.4 is 10.9 Å². The highest BCUT2D eigenvalue weighted by atomic mass is 35.5. The molecule has 3 aromatic heterocycles. The Kier molecular flexibility index (Phi) is 7.45. The van der Waals surface area contributed by atoms with Crippen molar-refractivity contribution in [1.82, 2.24) is 24.3 Å². The van der Waals surface area contributed by atoms with Crippen LogP contribution in [0.1, 0.15) is 50.4 Å². The van der Waals surface area contributed by atoms with Gasteiger partial charge in [0.1, 0.15) is 6.23 Å². The Hall–Kier alpha value is -3.70. The van der Waals surface area contributed by atoms with E-state index in [9.17, 15) is 18.7 Å². The molecule has 4 heterocycles. The molecular formula is C28H28ClF3N6O2. The largest absolute Gasteiger partial charge is 0.374 e. The number of hydrogen-bond donors (Lipinski definition) is 2. The van der Waals surface area contributed by atoms with Crippen molar-refractivity contribution in [3.8, 4) is 22.5 Å². The normalized spacial score (nSPS) is 19.8. The highest BCUT2D eigenvalue weighted by Gasteiger charge is 2.32. The van der Waals surface area contributed by atoms with Crippen LogP contribution in [0, 0.1) is 11.7 Å². The van der Waals surface area contributed by atoms with Gasteiger partial charge in [-0.15, -0.1) is 0 Å². The third-order valence-electron chi connectivity index (χ3n) is 7.31. The first-order valence-corrected chi connectivity index (χ1v) is 13.2. The molecule has 5 rings (SSSR count). The molecule has 0 aliphatic carbocycles. The van der Waals surface area contributed by atoms with Crippen LogP contribution in [0.3, 0.4) is 0 Å². The van der Waals surface area contributed by atoms with Gasteiger partial charge in [0.15, 0.2) is 5.82 Å². The molecule has 40 heavy (non-hydrogen) atoms. The number of rotatable bonds is 3. The van der Waals surface area contributed by atoms with E-state index >= 15 is 4.39 Å². The first-order valence-electron chi connectivity index (χ1n) is 12.8. The second-order valence-electron chi connectivity index (χ2n) is 10.2. The minimum Gasteiger partial charge on any atom is -0.374 e. The van der Waals surface area contributed by atoms with Crippen LogP contribution in [-0.2, 0) is 13.0 Å². The van der Waals surface area contributed by atoms with E-state index in [0.717, 1.165) is 29.5 Å². The van der Waals surface area contributed by atoms with E-state index in [4.69, 9.17) is 11.6 Å². The number of aromatic nitrogens is 5. The smallest absolute Gasteiger partial charge is 0.271 e. The molecule has 0 fully saturated rings. The van der Waals surface area contributed by atoms with Gasteiger partial charge in [-0.2, -0.15) is 5.10 Å². The molecule has 4 aromatic rings. The number of halogens is 4.